The molecule has 18 heavy (non-hydrogen) atoms. The lowest BCUT2D eigenvalue weighted by Crippen LogP contribution is -2.28. The van der Waals surface area contributed by atoms with Gasteiger partial charge in [0.15, 0.2) is 0 Å². The van der Waals surface area contributed by atoms with Crippen molar-refractivity contribution in [1.82, 2.24) is 10.6 Å². The Labute approximate surface area is 112 Å². The zero-order chi connectivity index (χ0) is 13.2. The molecule has 2 N–H and O–H groups in total. The van der Waals surface area contributed by atoms with E-state index in [9.17, 15) is 4.79 Å². The number of rotatable bonds is 9. The number of carbonyl (C=O) groups is 1. The van der Waals surface area contributed by atoms with E-state index in [1.165, 1.54) is 25.7 Å². The number of hydrogen-bond acceptors (Lipinski definition) is 2. The van der Waals surface area contributed by atoms with Crippen molar-refractivity contribution in [2.24, 2.45) is 11.8 Å². The van der Waals surface area contributed by atoms with Crippen LogP contribution in [0.2, 0.25) is 0 Å². The van der Waals surface area contributed by atoms with Crippen LogP contribution in [0, 0.1) is 11.8 Å². The molecular formula is C15H30N2O. The first-order chi connectivity index (χ1) is 8.76. The molecule has 1 aliphatic rings. The van der Waals surface area contributed by atoms with Crippen molar-refractivity contribution in [3.8, 4) is 0 Å². The molecule has 3 heteroatoms. The zero-order valence-corrected chi connectivity index (χ0v) is 12.1. The van der Waals surface area contributed by atoms with Gasteiger partial charge >= 0.3 is 0 Å². The summed E-state index contributed by atoms with van der Waals surface area (Å²) in [5, 5.41) is 6.45. The second kappa shape index (κ2) is 9.37. The lowest BCUT2D eigenvalue weighted by molar-refractivity contribution is -0.122. The monoisotopic (exact) mass is 254 g/mol. The van der Waals surface area contributed by atoms with Crippen molar-refractivity contribution in [1.29, 1.82) is 0 Å². The molecule has 0 aromatic heterocycles. The van der Waals surface area contributed by atoms with E-state index in [1.54, 1.807) is 0 Å². The quantitative estimate of drug-likeness (QED) is 0.664. The average molecular weight is 254 g/mol. The lowest BCUT2D eigenvalue weighted by atomic mass is 9.95. The SMILES string of the molecule is CCCCC(CC)CC(=O)NCCC1CCNC1. The van der Waals surface area contributed by atoms with Crippen LogP contribution in [0.25, 0.3) is 0 Å². The van der Waals surface area contributed by atoms with Crippen molar-refractivity contribution >= 4 is 5.91 Å². The van der Waals surface area contributed by atoms with Gasteiger partial charge in [-0.3, -0.25) is 4.79 Å². The molecule has 1 amide bonds. The van der Waals surface area contributed by atoms with E-state index in [2.05, 4.69) is 24.5 Å². The van der Waals surface area contributed by atoms with E-state index in [1.807, 2.05) is 0 Å². The molecule has 106 valence electrons. The van der Waals surface area contributed by atoms with Gasteiger partial charge in [0.05, 0.1) is 0 Å². The highest BCUT2D eigenvalue weighted by molar-refractivity contribution is 5.76. The Morgan fingerprint density at radius 3 is 2.89 bits per heavy atom. The number of nitrogens with one attached hydrogen (secondary N) is 2. The van der Waals surface area contributed by atoms with Gasteiger partial charge < -0.3 is 10.6 Å². The Morgan fingerprint density at radius 1 is 1.44 bits per heavy atom. The van der Waals surface area contributed by atoms with Gasteiger partial charge in [-0.25, -0.2) is 0 Å². The molecule has 0 saturated carbocycles. The van der Waals surface area contributed by atoms with Gasteiger partial charge in [0, 0.05) is 13.0 Å². The smallest absolute Gasteiger partial charge is 0.220 e. The van der Waals surface area contributed by atoms with Crippen LogP contribution in [0.1, 0.15) is 58.8 Å². The Morgan fingerprint density at radius 2 is 2.28 bits per heavy atom. The highest BCUT2D eigenvalue weighted by Crippen LogP contribution is 2.16. The van der Waals surface area contributed by atoms with Crippen LogP contribution in [-0.4, -0.2) is 25.5 Å². The van der Waals surface area contributed by atoms with E-state index in [4.69, 9.17) is 0 Å². The van der Waals surface area contributed by atoms with E-state index in [0.717, 1.165) is 44.8 Å². The van der Waals surface area contributed by atoms with E-state index < -0.39 is 0 Å². The summed E-state index contributed by atoms with van der Waals surface area (Å²) in [5.74, 6) is 1.61. The maximum atomic E-state index is 11.8. The van der Waals surface area contributed by atoms with Gasteiger partial charge in [-0.2, -0.15) is 0 Å². The summed E-state index contributed by atoms with van der Waals surface area (Å²) in [6.07, 6.45) is 7.92. The third kappa shape index (κ3) is 6.39. The molecule has 1 aliphatic heterocycles. The van der Waals surface area contributed by atoms with Crippen molar-refractivity contribution in [2.45, 2.75) is 58.8 Å². The van der Waals surface area contributed by atoms with Gasteiger partial charge in [-0.1, -0.05) is 33.1 Å². The molecule has 1 fully saturated rings. The Kier molecular flexibility index (Phi) is 8.06. The van der Waals surface area contributed by atoms with Gasteiger partial charge in [-0.15, -0.1) is 0 Å². The van der Waals surface area contributed by atoms with Gasteiger partial charge in [0.25, 0.3) is 0 Å². The topological polar surface area (TPSA) is 41.1 Å². The normalized spacial score (nSPS) is 20.9. The Balaban J connectivity index is 2.07. The first-order valence-corrected chi connectivity index (χ1v) is 7.73. The molecule has 3 nitrogen and oxygen atoms in total. The molecule has 2 atom stereocenters. The Bertz CT molecular complexity index is 225. The fourth-order valence-electron chi connectivity index (χ4n) is 2.65. The summed E-state index contributed by atoms with van der Waals surface area (Å²) in [5.41, 5.74) is 0. The molecule has 0 radical (unpaired) electrons. The second-order valence-corrected chi connectivity index (χ2v) is 5.62. The largest absolute Gasteiger partial charge is 0.356 e. The highest BCUT2D eigenvalue weighted by Gasteiger charge is 2.15. The minimum atomic E-state index is 0.254. The summed E-state index contributed by atoms with van der Waals surface area (Å²) in [6, 6.07) is 0. The van der Waals surface area contributed by atoms with Gasteiger partial charge in [-0.05, 0) is 44.2 Å². The summed E-state index contributed by atoms with van der Waals surface area (Å²) in [6.45, 7) is 7.53. The van der Waals surface area contributed by atoms with Crippen LogP contribution in [0.15, 0.2) is 0 Å². The molecule has 1 saturated heterocycles. The van der Waals surface area contributed by atoms with E-state index in [-0.39, 0.29) is 5.91 Å². The predicted octanol–water partition coefficient (Wildman–Crippen LogP) is 2.71. The maximum absolute atomic E-state index is 11.8. The van der Waals surface area contributed by atoms with Crippen LogP contribution < -0.4 is 10.6 Å². The third-order valence-electron chi connectivity index (χ3n) is 4.05. The summed E-state index contributed by atoms with van der Waals surface area (Å²) in [7, 11) is 0. The Hall–Kier alpha value is -0.570. The summed E-state index contributed by atoms with van der Waals surface area (Å²) in [4.78, 5) is 11.8. The molecule has 2 unspecified atom stereocenters. The fraction of sp³-hybridized carbons (Fsp3) is 0.933. The molecule has 0 bridgehead atoms. The number of hydrogen-bond donors (Lipinski definition) is 2. The lowest BCUT2D eigenvalue weighted by Gasteiger charge is -2.15. The highest BCUT2D eigenvalue weighted by atomic mass is 16.1. The third-order valence-corrected chi connectivity index (χ3v) is 4.05. The molecule has 0 aromatic carbocycles. The van der Waals surface area contributed by atoms with Crippen molar-refractivity contribution in [3.05, 3.63) is 0 Å². The summed E-state index contributed by atoms with van der Waals surface area (Å²) >= 11 is 0. The zero-order valence-electron chi connectivity index (χ0n) is 12.1. The van der Waals surface area contributed by atoms with Gasteiger partial charge in [0.1, 0.15) is 0 Å². The van der Waals surface area contributed by atoms with Crippen molar-refractivity contribution in [3.63, 3.8) is 0 Å². The van der Waals surface area contributed by atoms with E-state index in [0.29, 0.717) is 5.92 Å². The first-order valence-electron chi connectivity index (χ1n) is 7.73. The molecule has 0 aliphatic carbocycles. The maximum Gasteiger partial charge on any atom is 0.220 e. The van der Waals surface area contributed by atoms with Crippen LogP contribution in [0.3, 0.4) is 0 Å². The molecule has 1 rings (SSSR count). The standard InChI is InChI=1S/C15H30N2O/c1-3-5-6-13(4-2)11-15(18)17-10-8-14-7-9-16-12-14/h13-14,16H,3-12H2,1-2H3,(H,17,18). The van der Waals surface area contributed by atoms with Gasteiger partial charge in [0.2, 0.25) is 5.91 Å². The van der Waals surface area contributed by atoms with Crippen molar-refractivity contribution in [2.75, 3.05) is 19.6 Å². The average Bonchev–Trinajstić information content (AvgIpc) is 2.87. The number of carbonyl (C=O) groups excluding carboxylic acids is 1. The molecule has 0 spiro atoms. The van der Waals surface area contributed by atoms with Crippen LogP contribution in [0.4, 0.5) is 0 Å². The van der Waals surface area contributed by atoms with Crippen LogP contribution in [-0.2, 0) is 4.79 Å². The first kappa shape index (κ1) is 15.5. The predicted molar refractivity (Wildman–Crippen MR) is 76.5 cm³/mol. The molecular weight excluding hydrogens is 224 g/mol. The van der Waals surface area contributed by atoms with Crippen LogP contribution in [0.5, 0.6) is 0 Å². The summed E-state index contributed by atoms with van der Waals surface area (Å²) < 4.78 is 0. The minimum Gasteiger partial charge on any atom is -0.356 e. The molecule has 0 aromatic rings. The second-order valence-electron chi connectivity index (χ2n) is 5.62. The van der Waals surface area contributed by atoms with E-state index >= 15 is 0 Å². The molecule has 1 heterocycles. The minimum absolute atomic E-state index is 0.254. The fourth-order valence-corrected chi connectivity index (χ4v) is 2.65. The number of unbranched alkanes of at least 4 members (excludes halogenated alkanes) is 1. The number of amides is 1. The van der Waals surface area contributed by atoms with Crippen LogP contribution >= 0.6 is 0 Å². The van der Waals surface area contributed by atoms with Crippen molar-refractivity contribution < 1.29 is 4.79 Å².